The van der Waals surface area contributed by atoms with E-state index in [4.69, 9.17) is 16.2 Å². The summed E-state index contributed by atoms with van der Waals surface area (Å²) in [5.74, 6) is 0.649. The second kappa shape index (κ2) is 7.44. The monoisotopic (exact) mass is 346 g/mol. The maximum Gasteiger partial charge on any atom is 0.211 e. The molecule has 0 aliphatic heterocycles. The first-order chi connectivity index (χ1) is 10.1. The van der Waals surface area contributed by atoms with E-state index in [1.165, 1.54) is 0 Å². The summed E-state index contributed by atoms with van der Waals surface area (Å²) in [7, 11) is 0. The number of benzene rings is 2. The van der Waals surface area contributed by atoms with Crippen LogP contribution in [0.3, 0.4) is 0 Å². The number of nitrogens with zero attached hydrogens (tertiary/aromatic N) is 2. The first-order valence-corrected chi connectivity index (χ1v) is 7.02. The van der Waals surface area contributed by atoms with Crippen LogP contribution in [0.1, 0.15) is 11.1 Å². The van der Waals surface area contributed by atoms with Crippen LogP contribution in [0.25, 0.3) is 0 Å². The summed E-state index contributed by atoms with van der Waals surface area (Å²) < 4.78 is 6.67. The molecule has 5 nitrogen and oxygen atoms in total. The lowest BCUT2D eigenvalue weighted by molar-refractivity contribution is 0.304. The normalized spacial score (nSPS) is 10.5. The zero-order valence-corrected chi connectivity index (χ0v) is 12.8. The molecule has 0 heterocycles. The fourth-order valence-electron chi connectivity index (χ4n) is 1.61. The Labute approximate surface area is 131 Å². The summed E-state index contributed by atoms with van der Waals surface area (Å²) in [5.41, 5.74) is 12.3. The molecule has 4 N–H and O–H groups in total. The van der Waals surface area contributed by atoms with Crippen LogP contribution in [-0.4, -0.2) is 12.2 Å². The Bertz CT molecular complexity index is 652. The molecule has 0 radical (unpaired) electrons. The average molecular weight is 347 g/mol. The second-order valence-electron chi connectivity index (χ2n) is 4.23. The number of ether oxygens (including phenoxy) is 1. The van der Waals surface area contributed by atoms with Crippen LogP contribution in [0.4, 0.5) is 0 Å². The average Bonchev–Trinajstić information content (AvgIpc) is 2.48. The van der Waals surface area contributed by atoms with Crippen molar-refractivity contribution < 1.29 is 4.74 Å². The highest BCUT2D eigenvalue weighted by molar-refractivity contribution is 9.10. The van der Waals surface area contributed by atoms with Gasteiger partial charge in [-0.15, -0.1) is 5.10 Å². The van der Waals surface area contributed by atoms with Gasteiger partial charge in [0.05, 0.1) is 10.7 Å². The summed E-state index contributed by atoms with van der Waals surface area (Å²) in [4.78, 5) is 0. The maximum atomic E-state index is 5.80. The number of hydrogen-bond donors (Lipinski definition) is 2. The zero-order valence-electron chi connectivity index (χ0n) is 11.2. The van der Waals surface area contributed by atoms with Gasteiger partial charge >= 0.3 is 0 Å². The molecule has 0 atom stereocenters. The van der Waals surface area contributed by atoms with E-state index < -0.39 is 0 Å². The van der Waals surface area contributed by atoms with E-state index >= 15 is 0 Å². The molecular weight excluding hydrogens is 332 g/mol. The third-order valence-electron chi connectivity index (χ3n) is 2.57. The Hall–Kier alpha value is -2.34. The molecule has 0 spiro atoms. The summed E-state index contributed by atoms with van der Waals surface area (Å²) in [6.45, 7) is 0.494. The van der Waals surface area contributed by atoms with Gasteiger partial charge < -0.3 is 16.2 Å². The smallest absolute Gasteiger partial charge is 0.211 e. The quantitative estimate of drug-likeness (QED) is 0.495. The van der Waals surface area contributed by atoms with E-state index in [9.17, 15) is 0 Å². The van der Waals surface area contributed by atoms with Crippen LogP contribution < -0.4 is 16.2 Å². The third-order valence-corrected chi connectivity index (χ3v) is 3.23. The van der Waals surface area contributed by atoms with Gasteiger partial charge in [0.2, 0.25) is 5.96 Å². The fraction of sp³-hybridized carbons (Fsp3) is 0.0667. The number of rotatable bonds is 5. The largest absolute Gasteiger partial charge is 0.488 e. The highest BCUT2D eigenvalue weighted by atomic mass is 79.9. The van der Waals surface area contributed by atoms with Crippen molar-refractivity contribution >= 4 is 28.1 Å². The van der Waals surface area contributed by atoms with Crippen molar-refractivity contribution in [2.24, 2.45) is 21.7 Å². The van der Waals surface area contributed by atoms with E-state index in [2.05, 4.69) is 26.1 Å². The molecule has 6 heteroatoms. The predicted molar refractivity (Wildman–Crippen MR) is 88.3 cm³/mol. The molecule has 0 aliphatic rings. The summed E-state index contributed by atoms with van der Waals surface area (Å²) in [6.07, 6.45) is 1.56. The van der Waals surface area contributed by atoms with Crippen molar-refractivity contribution in [2.75, 3.05) is 0 Å². The molecule has 0 bridgehead atoms. The van der Waals surface area contributed by atoms with Gasteiger partial charge in [0.25, 0.3) is 0 Å². The van der Waals surface area contributed by atoms with Crippen molar-refractivity contribution in [3.63, 3.8) is 0 Å². The summed E-state index contributed by atoms with van der Waals surface area (Å²) in [5, 5.41) is 7.33. The molecule has 2 aromatic rings. The standard InChI is InChI=1S/C15H15BrN4O/c16-13-7-6-12(9-19-20-15(17)18)8-14(13)21-10-11-4-2-1-3-5-11/h1-9H,10H2,(H4,17,18,20). The SMILES string of the molecule is NC(N)=NN=Cc1ccc(Br)c(OCc2ccccc2)c1. The minimum atomic E-state index is -0.0797. The third kappa shape index (κ3) is 4.92. The van der Waals surface area contributed by atoms with E-state index in [-0.39, 0.29) is 5.96 Å². The molecule has 21 heavy (non-hydrogen) atoms. The Kier molecular flexibility index (Phi) is 5.34. The van der Waals surface area contributed by atoms with E-state index in [1.807, 2.05) is 48.5 Å². The molecule has 0 aliphatic carbocycles. The van der Waals surface area contributed by atoms with Crippen LogP contribution in [0.5, 0.6) is 5.75 Å². The minimum Gasteiger partial charge on any atom is -0.488 e. The topological polar surface area (TPSA) is 86.0 Å². The van der Waals surface area contributed by atoms with Crippen molar-refractivity contribution in [1.82, 2.24) is 0 Å². The molecule has 0 saturated carbocycles. The lowest BCUT2D eigenvalue weighted by Gasteiger charge is -2.09. The van der Waals surface area contributed by atoms with Gasteiger partial charge in [-0.1, -0.05) is 36.4 Å². The first-order valence-electron chi connectivity index (χ1n) is 6.23. The summed E-state index contributed by atoms with van der Waals surface area (Å²) in [6, 6.07) is 15.6. The molecule has 0 saturated heterocycles. The zero-order chi connectivity index (χ0) is 15.1. The van der Waals surface area contributed by atoms with Gasteiger partial charge in [0, 0.05) is 0 Å². The number of guanidine groups is 1. The van der Waals surface area contributed by atoms with Crippen LogP contribution in [-0.2, 0) is 6.61 Å². The van der Waals surface area contributed by atoms with E-state index in [1.54, 1.807) is 6.21 Å². The molecule has 0 amide bonds. The number of nitrogens with two attached hydrogens (primary N) is 2. The highest BCUT2D eigenvalue weighted by Crippen LogP contribution is 2.26. The molecule has 2 rings (SSSR count). The Morgan fingerprint density at radius 2 is 1.90 bits per heavy atom. The highest BCUT2D eigenvalue weighted by Gasteiger charge is 2.02. The Morgan fingerprint density at radius 1 is 1.14 bits per heavy atom. The number of hydrogen-bond acceptors (Lipinski definition) is 3. The Balaban J connectivity index is 2.08. The van der Waals surface area contributed by atoms with Crippen molar-refractivity contribution in [3.8, 4) is 5.75 Å². The molecule has 108 valence electrons. The maximum absolute atomic E-state index is 5.80. The van der Waals surface area contributed by atoms with E-state index in [0.29, 0.717) is 6.61 Å². The molecular formula is C15H15BrN4O. The minimum absolute atomic E-state index is 0.0797. The predicted octanol–water partition coefficient (Wildman–Crippen LogP) is 2.64. The van der Waals surface area contributed by atoms with Gasteiger partial charge in [-0.3, -0.25) is 0 Å². The lowest BCUT2D eigenvalue weighted by atomic mass is 10.2. The van der Waals surface area contributed by atoms with Crippen molar-refractivity contribution in [2.45, 2.75) is 6.61 Å². The van der Waals surface area contributed by atoms with Gasteiger partial charge in [0.1, 0.15) is 12.4 Å². The molecule has 0 aromatic heterocycles. The molecule has 2 aromatic carbocycles. The fourth-order valence-corrected chi connectivity index (χ4v) is 1.97. The van der Waals surface area contributed by atoms with Crippen molar-refractivity contribution in [1.29, 1.82) is 0 Å². The van der Waals surface area contributed by atoms with Crippen LogP contribution in [0.15, 0.2) is 63.2 Å². The molecule has 0 unspecified atom stereocenters. The van der Waals surface area contributed by atoms with Gasteiger partial charge in [-0.25, -0.2) is 0 Å². The lowest BCUT2D eigenvalue weighted by Crippen LogP contribution is -2.21. The van der Waals surface area contributed by atoms with Gasteiger partial charge in [0.15, 0.2) is 0 Å². The van der Waals surface area contributed by atoms with E-state index in [0.717, 1.165) is 21.3 Å². The first kappa shape index (κ1) is 15.1. The van der Waals surface area contributed by atoms with Crippen molar-refractivity contribution in [3.05, 3.63) is 64.1 Å². The summed E-state index contributed by atoms with van der Waals surface area (Å²) >= 11 is 3.46. The van der Waals surface area contributed by atoms with Gasteiger partial charge in [-0.05, 0) is 39.2 Å². The number of halogens is 1. The van der Waals surface area contributed by atoms with Crippen LogP contribution in [0.2, 0.25) is 0 Å². The van der Waals surface area contributed by atoms with Crippen LogP contribution >= 0.6 is 15.9 Å². The second-order valence-corrected chi connectivity index (χ2v) is 5.09. The van der Waals surface area contributed by atoms with Gasteiger partial charge in [-0.2, -0.15) is 5.10 Å². The molecule has 0 fully saturated rings. The van der Waals surface area contributed by atoms with Crippen LogP contribution in [0, 0.1) is 0 Å². The Morgan fingerprint density at radius 3 is 2.62 bits per heavy atom.